The van der Waals surface area contributed by atoms with Crippen molar-refractivity contribution >= 4 is 10.8 Å². The number of hydrogen-bond acceptors (Lipinski definition) is 5. The molecule has 4 aromatic rings. The van der Waals surface area contributed by atoms with Crippen LogP contribution in [-0.2, 0) is 6.54 Å². The normalized spacial score (nSPS) is 16.6. The lowest BCUT2D eigenvalue weighted by atomic mass is 10.0. The van der Waals surface area contributed by atoms with Crippen LogP contribution in [0.15, 0.2) is 71.1 Å². The van der Waals surface area contributed by atoms with Crippen molar-refractivity contribution in [2.24, 2.45) is 0 Å². The lowest BCUT2D eigenvalue weighted by Gasteiger charge is -2.37. The highest BCUT2D eigenvalue weighted by molar-refractivity contribution is 5.85. The fraction of sp³-hybridized carbons (Fsp3) is 0.280. The maximum Gasteiger partial charge on any atom is 0.247 e. The summed E-state index contributed by atoms with van der Waals surface area (Å²) in [6.07, 6.45) is 0. The first-order valence-electron chi connectivity index (χ1n) is 10.7. The predicted molar refractivity (Wildman–Crippen MR) is 119 cm³/mol. The third kappa shape index (κ3) is 4.22. The van der Waals surface area contributed by atoms with Gasteiger partial charge in [-0.25, -0.2) is 4.39 Å². The van der Waals surface area contributed by atoms with Gasteiger partial charge >= 0.3 is 0 Å². The van der Waals surface area contributed by atoms with E-state index < -0.39 is 0 Å². The zero-order valence-corrected chi connectivity index (χ0v) is 17.5. The van der Waals surface area contributed by atoms with Crippen molar-refractivity contribution in [1.29, 1.82) is 0 Å². The topological polar surface area (TPSA) is 45.4 Å². The fourth-order valence-corrected chi connectivity index (χ4v) is 4.25. The number of fused-ring (bicyclic) bond motifs is 1. The second-order valence-corrected chi connectivity index (χ2v) is 8.08. The van der Waals surface area contributed by atoms with E-state index in [0.29, 0.717) is 11.8 Å². The van der Waals surface area contributed by atoms with E-state index in [1.165, 1.54) is 28.5 Å². The zero-order chi connectivity index (χ0) is 21.2. The Labute approximate surface area is 181 Å². The van der Waals surface area contributed by atoms with E-state index in [9.17, 15) is 4.39 Å². The highest BCUT2D eigenvalue weighted by Gasteiger charge is 2.26. The maximum atomic E-state index is 13.1. The Bertz CT molecular complexity index is 1160. The van der Waals surface area contributed by atoms with E-state index in [2.05, 4.69) is 69.4 Å². The minimum absolute atomic E-state index is 0.0430. The first-order valence-corrected chi connectivity index (χ1v) is 10.7. The van der Waals surface area contributed by atoms with Gasteiger partial charge in [-0.2, -0.15) is 0 Å². The Kier molecular flexibility index (Phi) is 5.49. The summed E-state index contributed by atoms with van der Waals surface area (Å²) < 4.78 is 19.0. The Balaban J connectivity index is 1.22. The molecular formula is C25H25FN4O. The van der Waals surface area contributed by atoms with Crippen LogP contribution in [0.25, 0.3) is 22.2 Å². The number of halogens is 1. The SMILES string of the molecule is CC(c1nnc(-c2ccc(F)cc2)o1)N1CCN(Cc2cccc3ccccc23)CC1. The van der Waals surface area contributed by atoms with Crippen LogP contribution in [0, 0.1) is 5.82 Å². The van der Waals surface area contributed by atoms with Gasteiger partial charge in [0.1, 0.15) is 5.82 Å². The van der Waals surface area contributed by atoms with Crippen molar-refractivity contribution in [3.8, 4) is 11.5 Å². The van der Waals surface area contributed by atoms with Gasteiger partial charge < -0.3 is 4.42 Å². The molecule has 0 saturated carbocycles. The lowest BCUT2D eigenvalue weighted by Crippen LogP contribution is -2.46. The van der Waals surface area contributed by atoms with Gasteiger partial charge in [-0.1, -0.05) is 42.5 Å². The van der Waals surface area contributed by atoms with E-state index in [4.69, 9.17) is 4.42 Å². The number of aromatic nitrogens is 2. The summed E-state index contributed by atoms with van der Waals surface area (Å²) in [4.78, 5) is 4.88. The van der Waals surface area contributed by atoms with E-state index in [-0.39, 0.29) is 11.9 Å². The number of rotatable bonds is 5. The third-order valence-corrected chi connectivity index (χ3v) is 6.12. The zero-order valence-electron chi connectivity index (χ0n) is 17.5. The van der Waals surface area contributed by atoms with Crippen molar-refractivity contribution in [1.82, 2.24) is 20.0 Å². The van der Waals surface area contributed by atoms with Crippen LogP contribution in [0.3, 0.4) is 0 Å². The molecule has 158 valence electrons. The van der Waals surface area contributed by atoms with Crippen molar-refractivity contribution in [3.05, 3.63) is 84.0 Å². The second kappa shape index (κ2) is 8.57. The standard InChI is InChI=1S/C25H25FN4O/c1-18(24-27-28-25(31-24)20-9-11-22(26)12-10-20)30-15-13-29(14-16-30)17-21-7-4-6-19-5-2-3-8-23(19)21/h2-12,18H,13-17H2,1H3. The Morgan fingerprint density at radius 3 is 2.45 bits per heavy atom. The Morgan fingerprint density at radius 2 is 1.65 bits per heavy atom. The minimum atomic E-state index is -0.279. The Hall–Kier alpha value is -3.09. The largest absolute Gasteiger partial charge is 0.419 e. The van der Waals surface area contributed by atoms with Crippen molar-refractivity contribution in [2.45, 2.75) is 19.5 Å². The summed E-state index contributed by atoms with van der Waals surface area (Å²) in [5, 5.41) is 11.0. The number of nitrogens with zero attached hydrogens (tertiary/aromatic N) is 4. The molecule has 1 atom stereocenters. The maximum absolute atomic E-state index is 13.1. The van der Waals surface area contributed by atoms with Crippen LogP contribution < -0.4 is 0 Å². The molecule has 2 heterocycles. The average Bonchev–Trinajstić information content (AvgIpc) is 3.30. The van der Waals surface area contributed by atoms with E-state index in [0.717, 1.165) is 38.3 Å². The smallest absolute Gasteiger partial charge is 0.247 e. The van der Waals surface area contributed by atoms with E-state index >= 15 is 0 Å². The molecule has 1 fully saturated rings. The quantitative estimate of drug-likeness (QED) is 0.463. The molecule has 31 heavy (non-hydrogen) atoms. The summed E-state index contributed by atoms with van der Waals surface area (Å²) in [5.41, 5.74) is 2.10. The van der Waals surface area contributed by atoms with Gasteiger partial charge in [-0.05, 0) is 47.5 Å². The summed E-state index contributed by atoms with van der Waals surface area (Å²) in [7, 11) is 0. The molecule has 6 heteroatoms. The molecule has 0 spiro atoms. The van der Waals surface area contributed by atoms with Gasteiger partial charge in [0.15, 0.2) is 0 Å². The Morgan fingerprint density at radius 1 is 0.903 bits per heavy atom. The van der Waals surface area contributed by atoms with Gasteiger partial charge in [-0.15, -0.1) is 10.2 Å². The minimum Gasteiger partial charge on any atom is -0.419 e. The van der Waals surface area contributed by atoms with Crippen molar-refractivity contribution in [3.63, 3.8) is 0 Å². The molecule has 3 aromatic carbocycles. The average molecular weight is 417 g/mol. The van der Waals surface area contributed by atoms with Gasteiger partial charge in [0.2, 0.25) is 11.8 Å². The molecule has 1 unspecified atom stereocenters. The summed E-state index contributed by atoms with van der Waals surface area (Å²) in [6, 6.07) is 21.3. The van der Waals surface area contributed by atoms with Crippen LogP contribution in [-0.4, -0.2) is 46.2 Å². The molecule has 0 amide bonds. The monoisotopic (exact) mass is 416 g/mol. The molecule has 1 aromatic heterocycles. The van der Waals surface area contributed by atoms with E-state index in [1.807, 2.05) is 0 Å². The first kappa shape index (κ1) is 19.8. The molecule has 1 saturated heterocycles. The third-order valence-electron chi connectivity index (χ3n) is 6.12. The summed E-state index contributed by atoms with van der Waals surface area (Å²) in [5.74, 6) is 0.747. The van der Waals surface area contributed by atoms with Crippen LogP contribution in [0.1, 0.15) is 24.4 Å². The van der Waals surface area contributed by atoms with Crippen molar-refractivity contribution in [2.75, 3.05) is 26.2 Å². The van der Waals surface area contributed by atoms with Gasteiger partial charge in [0.05, 0.1) is 6.04 Å². The van der Waals surface area contributed by atoms with Crippen LogP contribution in [0.5, 0.6) is 0 Å². The highest BCUT2D eigenvalue weighted by atomic mass is 19.1. The summed E-state index contributed by atoms with van der Waals surface area (Å²) >= 11 is 0. The summed E-state index contributed by atoms with van der Waals surface area (Å²) in [6.45, 7) is 6.93. The lowest BCUT2D eigenvalue weighted by molar-refractivity contribution is 0.0878. The van der Waals surface area contributed by atoms with Crippen LogP contribution in [0.2, 0.25) is 0 Å². The number of piperazine rings is 1. The number of benzene rings is 3. The number of hydrogen-bond donors (Lipinski definition) is 0. The highest BCUT2D eigenvalue weighted by Crippen LogP contribution is 2.26. The molecule has 0 N–H and O–H groups in total. The van der Waals surface area contributed by atoms with Gasteiger partial charge in [0, 0.05) is 38.3 Å². The first-order chi connectivity index (χ1) is 15.2. The fourth-order valence-electron chi connectivity index (χ4n) is 4.25. The van der Waals surface area contributed by atoms with Gasteiger partial charge in [0.25, 0.3) is 0 Å². The molecule has 0 radical (unpaired) electrons. The molecule has 0 aliphatic carbocycles. The molecule has 5 nitrogen and oxygen atoms in total. The van der Waals surface area contributed by atoms with Crippen molar-refractivity contribution < 1.29 is 8.81 Å². The predicted octanol–water partition coefficient (Wildman–Crippen LogP) is 4.91. The molecule has 0 bridgehead atoms. The second-order valence-electron chi connectivity index (χ2n) is 8.08. The molecular weight excluding hydrogens is 391 g/mol. The van der Waals surface area contributed by atoms with Crippen LogP contribution in [0.4, 0.5) is 4.39 Å². The van der Waals surface area contributed by atoms with Crippen LogP contribution >= 0.6 is 0 Å². The molecule has 1 aliphatic heterocycles. The van der Waals surface area contributed by atoms with E-state index in [1.54, 1.807) is 12.1 Å². The molecule has 1 aliphatic rings. The van der Waals surface area contributed by atoms with Gasteiger partial charge in [-0.3, -0.25) is 9.80 Å². The molecule has 5 rings (SSSR count).